The third kappa shape index (κ3) is 4.06. The van der Waals surface area contributed by atoms with Gasteiger partial charge in [0.05, 0.1) is 12.2 Å². The molecular formula is C30H45N3O4. The van der Waals surface area contributed by atoms with E-state index in [1.54, 1.807) is 11.9 Å². The Morgan fingerprint density at radius 2 is 1.92 bits per heavy atom. The molecule has 1 aromatic rings. The highest BCUT2D eigenvalue weighted by Gasteiger charge is 2.63. The Morgan fingerprint density at radius 1 is 1.08 bits per heavy atom. The van der Waals surface area contributed by atoms with Crippen LogP contribution in [0, 0.1) is 40.4 Å². The summed E-state index contributed by atoms with van der Waals surface area (Å²) in [5.41, 5.74) is 1.38. The van der Waals surface area contributed by atoms with Gasteiger partial charge < -0.3 is 14.6 Å². The van der Waals surface area contributed by atoms with Crippen LogP contribution in [0.15, 0.2) is 6.08 Å². The summed E-state index contributed by atoms with van der Waals surface area (Å²) in [6, 6.07) is 0. The van der Waals surface area contributed by atoms with E-state index in [1.807, 2.05) is 20.1 Å². The summed E-state index contributed by atoms with van der Waals surface area (Å²) in [4.78, 5) is 15.4. The SMILES string of the molecule is COC[C@]12CC[C@@](C)(O)C[C@H]1CC[C@@H]1C2CC[C@@]2(C)C1CC[C@@H]2C(=O)Cn1nc2c(n1)C(OC)CC=C2. The lowest BCUT2D eigenvalue weighted by atomic mass is 9.43. The molecule has 1 heterocycles. The van der Waals surface area contributed by atoms with E-state index in [1.165, 1.54) is 19.3 Å². The van der Waals surface area contributed by atoms with E-state index >= 15 is 0 Å². The van der Waals surface area contributed by atoms with E-state index in [9.17, 15) is 9.90 Å². The molecule has 0 aliphatic heterocycles. The average Bonchev–Trinajstić information content (AvgIpc) is 3.44. The molecule has 4 fully saturated rings. The number of aliphatic hydroxyl groups is 1. The van der Waals surface area contributed by atoms with E-state index in [0.717, 1.165) is 62.9 Å². The van der Waals surface area contributed by atoms with Crippen LogP contribution >= 0.6 is 0 Å². The third-order valence-electron chi connectivity index (χ3n) is 11.7. The zero-order valence-corrected chi connectivity index (χ0v) is 23.1. The van der Waals surface area contributed by atoms with Gasteiger partial charge in [0.2, 0.25) is 0 Å². The van der Waals surface area contributed by atoms with Crippen LogP contribution in [0.2, 0.25) is 0 Å². The molecular weight excluding hydrogens is 466 g/mol. The normalized spacial score (nSPS) is 44.6. The number of ketones is 1. The Kier molecular flexibility index (Phi) is 6.44. The predicted octanol–water partition coefficient (Wildman–Crippen LogP) is 4.99. The standard InChI is InChI=1S/C30H45N3O4/c1-28(35)14-15-30(18-36-3)19(16-28)8-9-20-21-10-11-23(29(21,2)13-12-22(20)30)25(34)17-33-31-24-6-5-7-26(37-4)27(24)32-33/h5-6,19-23,26,35H,7-18H2,1-4H3/t19-,20+,21?,22?,23-,26?,28-,29+,30-/m1/s1. The smallest absolute Gasteiger partial charge is 0.159 e. The molecule has 0 radical (unpaired) electrons. The molecule has 0 saturated heterocycles. The van der Waals surface area contributed by atoms with Gasteiger partial charge in [0, 0.05) is 20.1 Å². The molecule has 9 atom stereocenters. The Hall–Kier alpha value is -1.57. The number of nitrogens with zero attached hydrogens (tertiary/aromatic N) is 3. The number of carbonyl (C=O) groups excluding carboxylic acids is 1. The van der Waals surface area contributed by atoms with Crippen LogP contribution in [-0.2, 0) is 20.8 Å². The molecule has 3 unspecified atom stereocenters. The molecule has 204 valence electrons. The molecule has 7 heteroatoms. The van der Waals surface area contributed by atoms with Crippen molar-refractivity contribution in [2.45, 2.75) is 96.3 Å². The molecule has 5 aliphatic rings. The van der Waals surface area contributed by atoms with Gasteiger partial charge in [-0.1, -0.05) is 13.0 Å². The lowest BCUT2D eigenvalue weighted by Gasteiger charge is -2.62. The van der Waals surface area contributed by atoms with Crippen LogP contribution in [0.1, 0.15) is 95.5 Å². The quantitative estimate of drug-likeness (QED) is 0.579. The number of ether oxygens (including phenoxy) is 2. The molecule has 0 aromatic carbocycles. The number of hydrogen-bond acceptors (Lipinski definition) is 6. The van der Waals surface area contributed by atoms with Crippen molar-refractivity contribution in [2.24, 2.45) is 40.4 Å². The third-order valence-corrected chi connectivity index (χ3v) is 11.7. The summed E-state index contributed by atoms with van der Waals surface area (Å²) in [6.45, 7) is 5.50. The first-order valence-electron chi connectivity index (χ1n) is 14.6. The van der Waals surface area contributed by atoms with E-state index in [-0.39, 0.29) is 29.4 Å². The Bertz CT molecular complexity index is 1070. The number of methoxy groups -OCH3 is 2. The van der Waals surface area contributed by atoms with Crippen molar-refractivity contribution in [3.8, 4) is 0 Å². The second-order valence-electron chi connectivity index (χ2n) is 13.5. The van der Waals surface area contributed by atoms with Crippen molar-refractivity contribution in [1.29, 1.82) is 0 Å². The zero-order valence-electron chi connectivity index (χ0n) is 23.1. The number of hydrogen-bond donors (Lipinski definition) is 1. The van der Waals surface area contributed by atoms with Crippen LogP contribution in [-0.4, -0.2) is 52.3 Å². The van der Waals surface area contributed by atoms with Crippen molar-refractivity contribution in [1.82, 2.24) is 15.0 Å². The minimum Gasteiger partial charge on any atom is -0.390 e. The fraction of sp³-hybridized carbons (Fsp3) is 0.833. The summed E-state index contributed by atoms with van der Waals surface area (Å²) < 4.78 is 11.5. The fourth-order valence-electron chi connectivity index (χ4n) is 9.98. The number of Topliss-reactive ketones (excluding diaryl/α,β-unsaturated/α-hetero) is 1. The first-order valence-corrected chi connectivity index (χ1v) is 14.6. The summed E-state index contributed by atoms with van der Waals surface area (Å²) in [5.74, 6) is 2.82. The number of rotatable bonds is 6. The van der Waals surface area contributed by atoms with E-state index in [2.05, 4.69) is 23.2 Å². The van der Waals surface area contributed by atoms with Crippen molar-refractivity contribution in [3.05, 3.63) is 17.5 Å². The topological polar surface area (TPSA) is 86.5 Å². The molecule has 4 saturated carbocycles. The Balaban J connectivity index is 1.20. The molecule has 6 rings (SSSR count). The van der Waals surface area contributed by atoms with E-state index in [4.69, 9.17) is 9.47 Å². The monoisotopic (exact) mass is 511 g/mol. The van der Waals surface area contributed by atoms with Crippen molar-refractivity contribution >= 4 is 11.9 Å². The molecule has 5 aliphatic carbocycles. The largest absolute Gasteiger partial charge is 0.390 e. The van der Waals surface area contributed by atoms with Crippen LogP contribution in [0.3, 0.4) is 0 Å². The first kappa shape index (κ1) is 25.7. The van der Waals surface area contributed by atoms with Crippen LogP contribution in [0.5, 0.6) is 0 Å². The molecule has 1 aromatic heterocycles. The maximum absolute atomic E-state index is 13.8. The molecule has 0 spiro atoms. The molecule has 7 nitrogen and oxygen atoms in total. The van der Waals surface area contributed by atoms with Gasteiger partial charge in [0.15, 0.2) is 5.78 Å². The van der Waals surface area contributed by atoms with Gasteiger partial charge in [-0.15, -0.1) is 0 Å². The second kappa shape index (κ2) is 9.27. The predicted molar refractivity (Wildman–Crippen MR) is 140 cm³/mol. The molecule has 0 bridgehead atoms. The van der Waals surface area contributed by atoms with Gasteiger partial charge >= 0.3 is 0 Å². The highest BCUT2D eigenvalue weighted by atomic mass is 16.5. The van der Waals surface area contributed by atoms with Crippen molar-refractivity contribution < 1.29 is 19.4 Å². The maximum atomic E-state index is 13.8. The average molecular weight is 512 g/mol. The van der Waals surface area contributed by atoms with Crippen LogP contribution in [0.4, 0.5) is 0 Å². The Labute approximate surface area is 221 Å². The highest BCUT2D eigenvalue weighted by molar-refractivity contribution is 5.82. The maximum Gasteiger partial charge on any atom is 0.159 e. The number of aromatic nitrogens is 3. The minimum absolute atomic E-state index is 0.0568. The minimum atomic E-state index is -0.540. The van der Waals surface area contributed by atoms with Crippen molar-refractivity contribution in [3.63, 3.8) is 0 Å². The molecule has 0 amide bonds. The zero-order chi connectivity index (χ0) is 26.0. The van der Waals surface area contributed by atoms with Gasteiger partial charge in [-0.05, 0) is 112 Å². The van der Waals surface area contributed by atoms with Crippen LogP contribution < -0.4 is 0 Å². The van der Waals surface area contributed by atoms with E-state index < -0.39 is 5.60 Å². The summed E-state index contributed by atoms with van der Waals surface area (Å²) in [6.07, 6.45) is 14.5. The van der Waals surface area contributed by atoms with Crippen LogP contribution in [0.25, 0.3) is 6.08 Å². The fourth-order valence-corrected chi connectivity index (χ4v) is 9.98. The summed E-state index contributed by atoms with van der Waals surface area (Å²) in [7, 11) is 3.55. The summed E-state index contributed by atoms with van der Waals surface area (Å²) >= 11 is 0. The lowest BCUT2D eigenvalue weighted by molar-refractivity contribution is -0.175. The molecule has 1 N–H and O–H groups in total. The van der Waals surface area contributed by atoms with Gasteiger partial charge in [-0.2, -0.15) is 15.0 Å². The molecule has 37 heavy (non-hydrogen) atoms. The lowest BCUT2D eigenvalue weighted by Crippen LogP contribution is -2.58. The van der Waals surface area contributed by atoms with Crippen molar-refractivity contribution in [2.75, 3.05) is 20.8 Å². The van der Waals surface area contributed by atoms with Gasteiger partial charge in [-0.25, -0.2) is 0 Å². The number of fused-ring (bicyclic) bond motifs is 6. The second-order valence-corrected chi connectivity index (χ2v) is 13.5. The van der Waals surface area contributed by atoms with Gasteiger partial charge in [0.25, 0.3) is 0 Å². The number of carbonyl (C=O) groups is 1. The van der Waals surface area contributed by atoms with Gasteiger partial charge in [-0.3, -0.25) is 4.79 Å². The van der Waals surface area contributed by atoms with Gasteiger partial charge in [0.1, 0.15) is 24.0 Å². The first-order chi connectivity index (χ1) is 17.7. The van der Waals surface area contributed by atoms with E-state index in [0.29, 0.717) is 29.5 Å². The Morgan fingerprint density at radius 3 is 2.70 bits per heavy atom. The highest BCUT2D eigenvalue weighted by Crippen LogP contribution is 2.68. The summed E-state index contributed by atoms with van der Waals surface area (Å²) in [5, 5.41) is 20.2.